The molecule has 1 aromatic carbocycles. The first-order valence-electron chi connectivity index (χ1n) is 8.00. The van der Waals surface area contributed by atoms with Gasteiger partial charge in [-0.15, -0.1) is 11.3 Å². The summed E-state index contributed by atoms with van der Waals surface area (Å²) in [4.78, 5) is 20.6. The normalized spacial score (nSPS) is 11.2. The standard InChI is InChI=1S/C18H15FN4O2S/c1-10-12(13-7-11(19)4-5-14(13)21-10)8-17(24)20-9-16-22-18(25-23-16)15-3-2-6-26-15/h2-7,21H,8-9H2,1H3,(H,20,24). The molecule has 0 atom stereocenters. The van der Waals surface area contributed by atoms with E-state index in [4.69, 9.17) is 4.52 Å². The highest BCUT2D eigenvalue weighted by atomic mass is 32.1. The number of nitrogens with zero attached hydrogens (tertiary/aromatic N) is 2. The Balaban J connectivity index is 1.43. The summed E-state index contributed by atoms with van der Waals surface area (Å²) >= 11 is 1.50. The molecule has 6 nitrogen and oxygen atoms in total. The highest BCUT2D eigenvalue weighted by Gasteiger charge is 2.15. The summed E-state index contributed by atoms with van der Waals surface area (Å²) in [5, 5.41) is 9.29. The number of carbonyl (C=O) groups is 1. The SMILES string of the molecule is Cc1[nH]c2ccc(F)cc2c1CC(=O)NCc1noc(-c2cccs2)n1. The Morgan fingerprint density at radius 3 is 3.08 bits per heavy atom. The predicted octanol–water partition coefficient (Wildman–Crippen LogP) is 3.59. The first kappa shape index (κ1) is 16.5. The van der Waals surface area contributed by atoms with E-state index >= 15 is 0 Å². The van der Waals surface area contributed by atoms with Crippen LogP contribution in [0.15, 0.2) is 40.2 Å². The fourth-order valence-corrected chi connectivity index (χ4v) is 3.45. The molecule has 26 heavy (non-hydrogen) atoms. The predicted molar refractivity (Wildman–Crippen MR) is 96.2 cm³/mol. The van der Waals surface area contributed by atoms with Gasteiger partial charge in [-0.3, -0.25) is 4.79 Å². The molecule has 4 aromatic rings. The van der Waals surface area contributed by atoms with Crippen LogP contribution in [-0.2, 0) is 17.8 Å². The molecular weight excluding hydrogens is 355 g/mol. The van der Waals surface area contributed by atoms with Crippen LogP contribution in [0.3, 0.4) is 0 Å². The molecule has 0 unspecified atom stereocenters. The van der Waals surface area contributed by atoms with Gasteiger partial charge in [-0.25, -0.2) is 4.39 Å². The maximum Gasteiger partial charge on any atom is 0.268 e. The van der Waals surface area contributed by atoms with Crippen LogP contribution in [0.2, 0.25) is 0 Å². The van der Waals surface area contributed by atoms with Gasteiger partial charge in [0.1, 0.15) is 5.82 Å². The molecule has 0 aliphatic carbocycles. The topological polar surface area (TPSA) is 83.8 Å². The van der Waals surface area contributed by atoms with E-state index in [1.807, 2.05) is 24.4 Å². The molecule has 0 radical (unpaired) electrons. The number of benzene rings is 1. The van der Waals surface area contributed by atoms with Crippen LogP contribution in [0.25, 0.3) is 21.7 Å². The molecule has 0 aliphatic heterocycles. The molecule has 0 fully saturated rings. The molecule has 0 bridgehead atoms. The molecule has 1 amide bonds. The molecule has 0 aliphatic rings. The van der Waals surface area contributed by atoms with Crippen LogP contribution in [0.4, 0.5) is 4.39 Å². The van der Waals surface area contributed by atoms with E-state index in [0.717, 1.165) is 27.0 Å². The zero-order valence-electron chi connectivity index (χ0n) is 13.9. The number of aromatic nitrogens is 3. The molecule has 0 saturated carbocycles. The summed E-state index contributed by atoms with van der Waals surface area (Å²) in [5.41, 5.74) is 2.44. The molecule has 0 spiro atoms. The van der Waals surface area contributed by atoms with Gasteiger partial charge in [-0.2, -0.15) is 4.98 Å². The number of hydrogen-bond donors (Lipinski definition) is 2. The third kappa shape index (κ3) is 3.23. The van der Waals surface area contributed by atoms with Gasteiger partial charge in [0.25, 0.3) is 5.89 Å². The zero-order valence-corrected chi connectivity index (χ0v) is 14.7. The van der Waals surface area contributed by atoms with E-state index in [9.17, 15) is 9.18 Å². The van der Waals surface area contributed by atoms with Crippen molar-refractivity contribution in [3.05, 3.63) is 58.6 Å². The maximum atomic E-state index is 13.5. The van der Waals surface area contributed by atoms with E-state index < -0.39 is 0 Å². The minimum absolute atomic E-state index is 0.144. The average molecular weight is 370 g/mol. The van der Waals surface area contributed by atoms with Crippen LogP contribution in [-0.4, -0.2) is 21.0 Å². The second-order valence-corrected chi connectivity index (χ2v) is 6.81. The number of carbonyl (C=O) groups excluding carboxylic acids is 1. The van der Waals surface area contributed by atoms with Crippen molar-refractivity contribution in [3.8, 4) is 10.8 Å². The summed E-state index contributed by atoms with van der Waals surface area (Å²) in [6.07, 6.45) is 0.144. The number of thiophene rings is 1. The summed E-state index contributed by atoms with van der Waals surface area (Å²) in [6, 6.07) is 8.29. The molecule has 3 aromatic heterocycles. The monoisotopic (exact) mass is 370 g/mol. The average Bonchev–Trinajstić information content (AvgIpc) is 3.34. The lowest BCUT2D eigenvalue weighted by Crippen LogP contribution is -2.25. The van der Waals surface area contributed by atoms with Crippen LogP contribution in [0.5, 0.6) is 0 Å². The van der Waals surface area contributed by atoms with Crippen molar-refractivity contribution in [2.45, 2.75) is 19.9 Å². The smallest absolute Gasteiger partial charge is 0.268 e. The zero-order chi connectivity index (χ0) is 18.1. The van der Waals surface area contributed by atoms with Gasteiger partial charge >= 0.3 is 0 Å². The summed E-state index contributed by atoms with van der Waals surface area (Å²) in [5.74, 6) is 0.322. The molecule has 4 rings (SSSR count). The molecule has 2 N–H and O–H groups in total. The third-order valence-electron chi connectivity index (χ3n) is 4.06. The van der Waals surface area contributed by atoms with E-state index in [0.29, 0.717) is 11.7 Å². The van der Waals surface area contributed by atoms with E-state index in [1.165, 1.54) is 23.5 Å². The molecular formula is C18H15FN4O2S. The Morgan fingerprint density at radius 1 is 1.38 bits per heavy atom. The van der Waals surface area contributed by atoms with Crippen LogP contribution >= 0.6 is 11.3 Å². The Hall–Kier alpha value is -3.00. The van der Waals surface area contributed by atoms with Gasteiger partial charge in [0.15, 0.2) is 5.82 Å². The number of amides is 1. The van der Waals surface area contributed by atoms with Gasteiger partial charge in [0.2, 0.25) is 5.91 Å². The quantitative estimate of drug-likeness (QED) is 0.562. The minimum Gasteiger partial charge on any atom is -0.358 e. The van der Waals surface area contributed by atoms with Gasteiger partial charge in [0.05, 0.1) is 17.8 Å². The van der Waals surface area contributed by atoms with Gasteiger partial charge < -0.3 is 14.8 Å². The number of halogens is 1. The summed E-state index contributed by atoms with van der Waals surface area (Å²) in [6.45, 7) is 2.04. The van der Waals surface area contributed by atoms with Crippen LogP contribution in [0, 0.1) is 12.7 Å². The lowest BCUT2D eigenvalue weighted by Gasteiger charge is -2.03. The lowest BCUT2D eigenvalue weighted by molar-refractivity contribution is -0.120. The van der Waals surface area contributed by atoms with Crippen molar-refractivity contribution in [2.24, 2.45) is 0 Å². The van der Waals surface area contributed by atoms with E-state index in [1.54, 1.807) is 6.07 Å². The van der Waals surface area contributed by atoms with Crippen LogP contribution < -0.4 is 5.32 Å². The number of rotatable bonds is 5. The number of nitrogens with one attached hydrogen (secondary N) is 2. The minimum atomic E-state index is -0.328. The van der Waals surface area contributed by atoms with Gasteiger partial charge in [-0.05, 0) is 42.1 Å². The highest BCUT2D eigenvalue weighted by molar-refractivity contribution is 7.13. The lowest BCUT2D eigenvalue weighted by atomic mass is 10.1. The number of aromatic amines is 1. The first-order chi connectivity index (χ1) is 12.6. The van der Waals surface area contributed by atoms with E-state index in [-0.39, 0.29) is 24.7 Å². The largest absolute Gasteiger partial charge is 0.358 e. The second kappa shape index (κ2) is 6.72. The molecule has 3 heterocycles. The fraction of sp³-hybridized carbons (Fsp3) is 0.167. The van der Waals surface area contributed by atoms with Crippen molar-refractivity contribution < 1.29 is 13.7 Å². The van der Waals surface area contributed by atoms with Crippen molar-refractivity contribution in [1.29, 1.82) is 0 Å². The molecule has 0 saturated heterocycles. The fourth-order valence-electron chi connectivity index (χ4n) is 2.81. The van der Waals surface area contributed by atoms with Crippen molar-refractivity contribution >= 4 is 28.1 Å². The van der Waals surface area contributed by atoms with Crippen molar-refractivity contribution in [2.75, 3.05) is 0 Å². The number of hydrogen-bond acceptors (Lipinski definition) is 5. The second-order valence-electron chi connectivity index (χ2n) is 5.87. The molecule has 8 heteroatoms. The first-order valence-corrected chi connectivity index (χ1v) is 8.88. The van der Waals surface area contributed by atoms with Crippen molar-refractivity contribution in [3.63, 3.8) is 0 Å². The number of fused-ring (bicyclic) bond motifs is 1. The number of aryl methyl sites for hydroxylation is 1. The number of H-pyrrole nitrogens is 1. The van der Waals surface area contributed by atoms with Gasteiger partial charge in [0, 0.05) is 16.6 Å². The Morgan fingerprint density at radius 2 is 2.27 bits per heavy atom. The summed E-state index contributed by atoms with van der Waals surface area (Å²) < 4.78 is 18.7. The third-order valence-corrected chi connectivity index (χ3v) is 4.92. The van der Waals surface area contributed by atoms with Crippen LogP contribution in [0.1, 0.15) is 17.1 Å². The van der Waals surface area contributed by atoms with E-state index in [2.05, 4.69) is 20.4 Å². The highest BCUT2D eigenvalue weighted by Crippen LogP contribution is 2.24. The van der Waals surface area contributed by atoms with Gasteiger partial charge in [-0.1, -0.05) is 11.2 Å². The maximum absolute atomic E-state index is 13.5. The Labute approximate surface area is 152 Å². The Bertz CT molecular complexity index is 1070. The molecule has 132 valence electrons. The summed E-state index contributed by atoms with van der Waals surface area (Å²) in [7, 11) is 0. The van der Waals surface area contributed by atoms with Crippen molar-refractivity contribution in [1.82, 2.24) is 20.4 Å². The Kier molecular flexibility index (Phi) is 4.26.